The van der Waals surface area contributed by atoms with Crippen molar-refractivity contribution in [2.45, 2.75) is 38.7 Å². The van der Waals surface area contributed by atoms with Crippen LogP contribution in [-0.4, -0.2) is 22.9 Å². The Morgan fingerprint density at radius 3 is 2.50 bits per heavy atom. The zero-order chi connectivity index (χ0) is 23.4. The molecule has 6 heteroatoms. The Balaban J connectivity index is 2.01. The molecule has 4 rings (SSSR count). The number of aromatic hydroxyl groups is 2. The van der Waals surface area contributed by atoms with Gasteiger partial charge in [0, 0.05) is 28.7 Å². The fourth-order valence-corrected chi connectivity index (χ4v) is 3.91. The number of ether oxygens (including phenoxy) is 2. The van der Waals surface area contributed by atoms with Crippen molar-refractivity contribution in [3.8, 4) is 34.1 Å². The average molecular weight is 434 g/mol. The van der Waals surface area contributed by atoms with Crippen LogP contribution in [0.1, 0.15) is 38.8 Å². The van der Waals surface area contributed by atoms with Gasteiger partial charge in [-0.1, -0.05) is 19.9 Å². The molecule has 0 amide bonds. The minimum atomic E-state index is -0.588. The van der Waals surface area contributed by atoms with Crippen molar-refractivity contribution in [3.05, 3.63) is 64.5 Å². The molecule has 0 unspecified atom stereocenters. The number of allylic oxidation sites excluding steroid dienone is 1. The molecule has 1 aromatic heterocycles. The maximum Gasteiger partial charge on any atom is 0.204 e. The van der Waals surface area contributed by atoms with E-state index in [2.05, 4.69) is 6.58 Å². The molecule has 166 valence electrons. The Kier molecular flexibility index (Phi) is 4.84. The molecule has 0 bridgehead atoms. The van der Waals surface area contributed by atoms with Gasteiger partial charge in [0.1, 0.15) is 45.8 Å². The Bertz CT molecular complexity index is 1340. The Hall–Kier alpha value is -3.67. The van der Waals surface area contributed by atoms with E-state index < -0.39 is 11.0 Å². The summed E-state index contributed by atoms with van der Waals surface area (Å²) in [6.45, 7) is 11.4. The van der Waals surface area contributed by atoms with Crippen molar-refractivity contribution in [2.24, 2.45) is 0 Å². The number of rotatable bonds is 4. The SMILES string of the molecule is C=CC(C)(C)c1cc(-c2coc3cc4c(c(OC)c3c2=O)C=CC(C)(C)O4)c(O)cc1O. The third kappa shape index (κ3) is 3.32. The van der Waals surface area contributed by atoms with Gasteiger partial charge in [-0.15, -0.1) is 6.58 Å². The molecule has 3 aromatic rings. The fourth-order valence-electron chi connectivity index (χ4n) is 3.91. The molecular formula is C26H26O6. The van der Waals surface area contributed by atoms with Crippen LogP contribution < -0.4 is 14.9 Å². The summed E-state index contributed by atoms with van der Waals surface area (Å²) >= 11 is 0. The van der Waals surface area contributed by atoms with E-state index >= 15 is 0 Å². The van der Waals surface area contributed by atoms with Crippen molar-refractivity contribution in [1.29, 1.82) is 0 Å². The molecule has 2 N–H and O–H groups in total. The lowest BCUT2D eigenvalue weighted by atomic mass is 9.82. The number of hydrogen-bond donors (Lipinski definition) is 2. The lowest BCUT2D eigenvalue weighted by molar-refractivity contribution is 0.158. The number of hydrogen-bond acceptors (Lipinski definition) is 6. The van der Waals surface area contributed by atoms with Gasteiger partial charge in [-0.3, -0.25) is 4.79 Å². The summed E-state index contributed by atoms with van der Waals surface area (Å²) in [4.78, 5) is 13.6. The van der Waals surface area contributed by atoms with E-state index in [1.807, 2.05) is 39.8 Å². The lowest BCUT2D eigenvalue weighted by Gasteiger charge is -2.28. The van der Waals surface area contributed by atoms with E-state index in [-0.39, 0.29) is 33.4 Å². The van der Waals surface area contributed by atoms with Gasteiger partial charge >= 0.3 is 0 Å². The van der Waals surface area contributed by atoms with Crippen LogP contribution in [0.5, 0.6) is 23.0 Å². The van der Waals surface area contributed by atoms with E-state index in [9.17, 15) is 15.0 Å². The fraction of sp³-hybridized carbons (Fsp3) is 0.269. The summed E-state index contributed by atoms with van der Waals surface area (Å²) in [5.41, 5.74) is 0.417. The second-order valence-electron chi connectivity index (χ2n) is 9.02. The van der Waals surface area contributed by atoms with E-state index in [1.54, 1.807) is 18.2 Å². The number of phenolic OH excluding ortho intramolecular Hbond substituents is 2. The molecule has 0 atom stereocenters. The van der Waals surface area contributed by atoms with Gasteiger partial charge in [-0.2, -0.15) is 0 Å². The van der Waals surface area contributed by atoms with Crippen molar-refractivity contribution in [2.75, 3.05) is 7.11 Å². The molecule has 2 heterocycles. The maximum absolute atomic E-state index is 13.6. The highest BCUT2D eigenvalue weighted by molar-refractivity contribution is 5.93. The first-order valence-electron chi connectivity index (χ1n) is 10.2. The van der Waals surface area contributed by atoms with Crippen LogP contribution in [0.25, 0.3) is 28.2 Å². The summed E-state index contributed by atoms with van der Waals surface area (Å²) in [5, 5.41) is 21.2. The highest BCUT2D eigenvalue weighted by Gasteiger charge is 2.28. The summed E-state index contributed by atoms with van der Waals surface area (Å²) in [6.07, 6.45) is 6.75. The van der Waals surface area contributed by atoms with E-state index in [4.69, 9.17) is 13.9 Å². The van der Waals surface area contributed by atoms with Crippen molar-refractivity contribution >= 4 is 17.0 Å². The molecule has 0 saturated carbocycles. The number of benzene rings is 2. The first-order valence-corrected chi connectivity index (χ1v) is 10.2. The summed E-state index contributed by atoms with van der Waals surface area (Å²) in [6, 6.07) is 4.48. The van der Waals surface area contributed by atoms with Crippen molar-refractivity contribution in [1.82, 2.24) is 0 Å². The Labute approximate surface area is 186 Å². The molecule has 6 nitrogen and oxygen atoms in total. The zero-order valence-electron chi connectivity index (χ0n) is 18.8. The largest absolute Gasteiger partial charge is 0.507 e. The minimum absolute atomic E-state index is 0.0853. The minimum Gasteiger partial charge on any atom is -0.507 e. The van der Waals surface area contributed by atoms with Crippen LogP contribution in [0.4, 0.5) is 0 Å². The predicted molar refractivity (Wildman–Crippen MR) is 125 cm³/mol. The quantitative estimate of drug-likeness (QED) is 0.525. The summed E-state index contributed by atoms with van der Waals surface area (Å²) in [5.74, 6) is 0.572. The molecule has 0 spiro atoms. The average Bonchev–Trinajstić information content (AvgIpc) is 2.72. The van der Waals surface area contributed by atoms with Crippen LogP contribution in [0, 0.1) is 0 Å². The third-order valence-corrected chi connectivity index (χ3v) is 5.86. The molecule has 32 heavy (non-hydrogen) atoms. The molecule has 0 fully saturated rings. The molecule has 0 radical (unpaired) electrons. The first kappa shape index (κ1) is 21.6. The maximum atomic E-state index is 13.6. The predicted octanol–water partition coefficient (Wildman–Crippen LogP) is 5.53. The van der Waals surface area contributed by atoms with Gasteiger partial charge < -0.3 is 24.1 Å². The van der Waals surface area contributed by atoms with Gasteiger partial charge in [-0.25, -0.2) is 0 Å². The Morgan fingerprint density at radius 2 is 1.84 bits per heavy atom. The van der Waals surface area contributed by atoms with Crippen LogP contribution in [0.3, 0.4) is 0 Å². The second-order valence-corrected chi connectivity index (χ2v) is 9.02. The molecule has 0 saturated heterocycles. The first-order chi connectivity index (χ1) is 15.0. The molecular weight excluding hydrogens is 408 g/mol. The third-order valence-electron chi connectivity index (χ3n) is 5.86. The Morgan fingerprint density at radius 1 is 1.12 bits per heavy atom. The second kappa shape index (κ2) is 7.19. The standard InChI is InChI=1S/C26H26O6/c1-7-25(2,3)17-10-15(18(27)11-19(17)28)16-13-31-21-12-20-14(8-9-26(4,5)32-20)24(30-6)22(21)23(16)29/h7-13,27-28H,1H2,2-6H3. The van der Waals surface area contributed by atoms with Gasteiger partial charge in [0.05, 0.1) is 18.2 Å². The van der Waals surface area contributed by atoms with Crippen molar-refractivity contribution in [3.63, 3.8) is 0 Å². The highest BCUT2D eigenvalue weighted by atomic mass is 16.5. The molecule has 2 aromatic carbocycles. The number of fused-ring (bicyclic) bond motifs is 2. The normalized spacial score (nSPS) is 14.7. The summed E-state index contributed by atoms with van der Waals surface area (Å²) in [7, 11) is 1.48. The lowest BCUT2D eigenvalue weighted by Crippen LogP contribution is -2.27. The van der Waals surface area contributed by atoms with Gasteiger partial charge in [0.25, 0.3) is 0 Å². The van der Waals surface area contributed by atoms with E-state index in [1.165, 1.54) is 19.4 Å². The number of phenols is 2. The monoisotopic (exact) mass is 434 g/mol. The molecule has 0 aliphatic carbocycles. The van der Waals surface area contributed by atoms with Gasteiger partial charge in [0.2, 0.25) is 5.43 Å². The van der Waals surface area contributed by atoms with E-state index in [0.29, 0.717) is 28.2 Å². The highest BCUT2D eigenvalue weighted by Crippen LogP contribution is 2.43. The van der Waals surface area contributed by atoms with Crippen molar-refractivity contribution < 1.29 is 24.1 Å². The smallest absolute Gasteiger partial charge is 0.204 e. The zero-order valence-corrected chi connectivity index (χ0v) is 18.8. The van der Waals surface area contributed by atoms with E-state index in [0.717, 1.165) is 0 Å². The van der Waals surface area contributed by atoms with Crippen LogP contribution in [0.2, 0.25) is 0 Å². The van der Waals surface area contributed by atoms with Crippen LogP contribution in [0.15, 0.2) is 52.4 Å². The molecule has 1 aliphatic heterocycles. The van der Waals surface area contributed by atoms with Gasteiger partial charge in [0.15, 0.2) is 0 Å². The van der Waals surface area contributed by atoms with Crippen LogP contribution >= 0.6 is 0 Å². The molecule has 1 aliphatic rings. The topological polar surface area (TPSA) is 89.1 Å². The van der Waals surface area contributed by atoms with Gasteiger partial charge in [-0.05, 0) is 32.1 Å². The number of methoxy groups -OCH3 is 1. The van der Waals surface area contributed by atoms with Crippen LogP contribution in [-0.2, 0) is 5.41 Å². The summed E-state index contributed by atoms with van der Waals surface area (Å²) < 4.78 is 17.4.